The van der Waals surface area contributed by atoms with Crippen LogP contribution in [0.4, 0.5) is 0 Å². The number of rotatable bonds is 4. The molecule has 2 nitrogen and oxygen atoms in total. The van der Waals surface area contributed by atoms with E-state index in [-0.39, 0.29) is 11.3 Å². The Kier molecular flexibility index (Phi) is 2.71. The van der Waals surface area contributed by atoms with E-state index in [1.54, 1.807) is 11.8 Å². The minimum atomic E-state index is -0.619. The van der Waals surface area contributed by atoms with Gasteiger partial charge >= 0.3 is 5.97 Å². The lowest BCUT2D eigenvalue weighted by molar-refractivity contribution is -0.139. The van der Waals surface area contributed by atoms with Crippen molar-refractivity contribution in [2.24, 2.45) is 17.3 Å². The van der Waals surface area contributed by atoms with E-state index in [0.29, 0.717) is 5.92 Å². The number of carboxylic acid groups (broad SMARTS) is 1. The van der Waals surface area contributed by atoms with Gasteiger partial charge in [0, 0.05) is 0 Å². The maximum atomic E-state index is 10.7. The van der Waals surface area contributed by atoms with Crippen LogP contribution < -0.4 is 0 Å². The molecule has 0 amide bonds. The second kappa shape index (κ2) is 3.29. The van der Waals surface area contributed by atoms with Gasteiger partial charge in [-0.25, -0.2) is 0 Å². The first-order valence-electron chi connectivity index (χ1n) is 4.23. The van der Waals surface area contributed by atoms with Crippen molar-refractivity contribution in [3.8, 4) is 0 Å². The molecule has 1 N–H and O–H groups in total. The molecule has 1 saturated carbocycles. The summed E-state index contributed by atoms with van der Waals surface area (Å²) >= 11 is 1.79. The van der Waals surface area contributed by atoms with Crippen molar-refractivity contribution in [3.63, 3.8) is 0 Å². The highest BCUT2D eigenvalue weighted by Gasteiger charge is 2.61. The largest absolute Gasteiger partial charge is 0.481 e. The van der Waals surface area contributed by atoms with Crippen LogP contribution in [0, 0.1) is 17.3 Å². The van der Waals surface area contributed by atoms with E-state index in [9.17, 15) is 4.79 Å². The van der Waals surface area contributed by atoms with E-state index in [4.69, 9.17) is 5.11 Å². The topological polar surface area (TPSA) is 37.3 Å². The van der Waals surface area contributed by atoms with E-state index in [0.717, 1.165) is 12.2 Å². The average molecular weight is 188 g/mol. The Morgan fingerprint density at radius 1 is 1.58 bits per heavy atom. The molecule has 2 atom stereocenters. The Hall–Kier alpha value is -0.180. The predicted octanol–water partition coefficient (Wildman–Crippen LogP) is 2.10. The molecule has 0 bridgehead atoms. The van der Waals surface area contributed by atoms with Crippen molar-refractivity contribution in [2.75, 3.05) is 12.0 Å². The van der Waals surface area contributed by atoms with Crippen molar-refractivity contribution in [1.29, 1.82) is 0 Å². The van der Waals surface area contributed by atoms with Gasteiger partial charge in [0.15, 0.2) is 0 Å². The molecular weight excluding hydrogens is 172 g/mol. The molecular formula is C9H16O2S. The molecule has 12 heavy (non-hydrogen) atoms. The van der Waals surface area contributed by atoms with Crippen LogP contribution in [0.15, 0.2) is 0 Å². The highest BCUT2D eigenvalue weighted by atomic mass is 32.2. The third-order valence-electron chi connectivity index (χ3n) is 2.95. The van der Waals surface area contributed by atoms with E-state index in [1.165, 1.54) is 0 Å². The van der Waals surface area contributed by atoms with Gasteiger partial charge in [0.1, 0.15) is 0 Å². The third kappa shape index (κ3) is 1.60. The molecule has 0 aromatic heterocycles. The van der Waals surface area contributed by atoms with E-state index in [2.05, 4.69) is 20.1 Å². The molecule has 1 rings (SSSR count). The number of aliphatic carboxylic acids is 1. The summed E-state index contributed by atoms with van der Waals surface area (Å²) in [6.45, 7) is 4.10. The number of carbonyl (C=O) groups is 1. The molecule has 0 aliphatic heterocycles. The summed E-state index contributed by atoms with van der Waals surface area (Å²) in [6.07, 6.45) is 3.11. The summed E-state index contributed by atoms with van der Waals surface area (Å²) in [4.78, 5) is 10.7. The first kappa shape index (κ1) is 9.90. The fraction of sp³-hybridized carbons (Fsp3) is 0.889. The van der Waals surface area contributed by atoms with E-state index in [1.807, 2.05) is 0 Å². The molecule has 0 aromatic carbocycles. The third-order valence-corrected chi connectivity index (χ3v) is 3.59. The first-order valence-corrected chi connectivity index (χ1v) is 5.63. The molecule has 0 heterocycles. The van der Waals surface area contributed by atoms with Crippen LogP contribution in [-0.2, 0) is 4.79 Å². The molecule has 1 aliphatic rings. The smallest absolute Gasteiger partial charge is 0.307 e. The molecule has 3 heteroatoms. The second-order valence-corrected chi connectivity index (χ2v) is 5.01. The minimum Gasteiger partial charge on any atom is -0.481 e. The average Bonchev–Trinajstić information content (AvgIpc) is 2.49. The number of carboxylic acids is 1. The first-order chi connectivity index (χ1) is 5.51. The van der Waals surface area contributed by atoms with Gasteiger partial charge in [-0.1, -0.05) is 13.8 Å². The normalized spacial score (nSPS) is 31.6. The van der Waals surface area contributed by atoms with Crippen LogP contribution in [0.1, 0.15) is 20.3 Å². The molecule has 0 aromatic rings. The van der Waals surface area contributed by atoms with Gasteiger partial charge in [-0.3, -0.25) is 4.79 Å². The minimum absolute atomic E-state index is 0.0432. The summed E-state index contributed by atoms with van der Waals surface area (Å²) in [5, 5.41) is 8.85. The predicted molar refractivity (Wildman–Crippen MR) is 51.4 cm³/mol. The Morgan fingerprint density at radius 3 is 2.50 bits per heavy atom. The zero-order valence-electron chi connectivity index (χ0n) is 7.83. The fourth-order valence-corrected chi connectivity index (χ4v) is 2.51. The van der Waals surface area contributed by atoms with Crippen molar-refractivity contribution in [3.05, 3.63) is 0 Å². The quantitative estimate of drug-likeness (QED) is 0.734. The van der Waals surface area contributed by atoms with Gasteiger partial charge in [-0.05, 0) is 29.8 Å². The van der Waals surface area contributed by atoms with Crippen molar-refractivity contribution in [2.45, 2.75) is 20.3 Å². The van der Waals surface area contributed by atoms with Crippen LogP contribution in [0.2, 0.25) is 0 Å². The standard InChI is InChI=1S/C9H16O2S/c1-9(2)6(4-5-12-3)7(9)8(10)11/h6-7H,4-5H2,1-3H3,(H,10,11). The van der Waals surface area contributed by atoms with Crippen molar-refractivity contribution < 1.29 is 9.90 Å². The lowest BCUT2D eigenvalue weighted by Crippen LogP contribution is -2.03. The zero-order valence-corrected chi connectivity index (χ0v) is 8.65. The van der Waals surface area contributed by atoms with Crippen LogP contribution in [-0.4, -0.2) is 23.1 Å². The maximum absolute atomic E-state index is 10.7. The molecule has 0 spiro atoms. The molecule has 0 radical (unpaired) electrons. The summed E-state index contributed by atoms with van der Waals surface area (Å²) < 4.78 is 0. The summed E-state index contributed by atoms with van der Waals surface area (Å²) in [6, 6.07) is 0. The molecule has 0 saturated heterocycles. The maximum Gasteiger partial charge on any atom is 0.307 e. The van der Waals surface area contributed by atoms with Crippen LogP contribution in [0.25, 0.3) is 0 Å². The van der Waals surface area contributed by atoms with Gasteiger partial charge in [0.2, 0.25) is 0 Å². The SMILES string of the molecule is CSCCC1C(C(=O)O)C1(C)C. The zero-order chi connectivity index (χ0) is 9.35. The summed E-state index contributed by atoms with van der Waals surface area (Å²) in [7, 11) is 0. The van der Waals surface area contributed by atoms with Crippen molar-refractivity contribution >= 4 is 17.7 Å². The van der Waals surface area contributed by atoms with Gasteiger partial charge in [-0.2, -0.15) is 11.8 Å². The van der Waals surface area contributed by atoms with Crippen LogP contribution >= 0.6 is 11.8 Å². The van der Waals surface area contributed by atoms with Gasteiger partial charge < -0.3 is 5.11 Å². The molecule has 2 unspecified atom stereocenters. The van der Waals surface area contributed by atoms with Gasteiger partial charge in [-0.15, -0.1) is 0 Å². The fourth-order valence-electron chi connectivity index (χ4n) is 2.02. The monoisotopic (exact) mass is 188 g/mol. The Bertz CT molecular complexity index is 189. The Labute approximate surface area is 77.7 Å². The molecule has 1 fully saturated rings. The second-order valence-electron chi connectivity index (χ2n) is 4.03. The highest BCUT2D eigenvalue weighted by Crippen LogP contribution is 2.60. The number of hydrogen-bond donors (Lipinski definition) is 1. The lowest BCUT2D eigenvalue weighted by atomic mass is 10.1. The Balaban J connectivity index is 2.43. The van der Waals surface area contributed by atoms with E-state index >= 15 is 0 Å². The molecule has 1 aliphatic carbocycles. The van der Waals surface area contributed by atoms with Crippen LogP contribution in [0.5, 0.6) is 0 Å². The van der Waals surface area contributed by atoms with Crippen molar-refractivity contribution in [1.82, 2.24) is 0 Å². The highest BCUT2D eigenvalue weighted by molar-refractivity contribution is 7.98. The number of thioether (sulfide) groups is 1. The molecule has 70 valence electrons. The summed E-state index contributed by atoms with van der Waals surface area (Å²) in [5.74, 6) is 0.774. The van der Waals surface area contributed by atoms with Gasteiger partial charge in [0.25, 0.3) is 0 Å². The summed E-state index contributed by atoms with van der Waals surface area (Å²) in [5.41, 5.74) is 0.0432. The lowest BCUT2D eigenvalue weighted by Gasteiger charge is -1.99. The number of hydrogen-bond acceptors (Lipinski definition) is 2. The van der Waals surface area contributed by atoms with E-state index < -0.39 is 5.97 Å². The van der Waals surface area contributed by atoms with Crippen LogP contribution in [0.3, 0.4) is 0 Å². The Morgan fingerprint density at radius 2 is 2.17 bits per heavy atom. The van der Waals surface area contributed by atoms with Gasteiger partial charge in [0.05, 0.1) is 5.92 Å².